The second-order valence-electron chi connectivity index (χ2n) is 3.39. The molecule has 1 rings (SSSR count). The second kappa shape index (κ2) is 6.50. The lowest BCUT2D eigenvalue weighted by atomic mass is 10.3. The number of alkyl halides is 1. The first-order chi connectivity index (χ1) is 7.54. The number of nitrogens with zero attached hydrogens (tertiary/aromatic N) is 2. The van der Waals surface area contributed by atoms with Crippen molar-refractivity contribution < 1.29 is 4.74 Å². The van der Waals surface area contributed by atoms with Crippen molar-refractivity contribution in [1.82, 2.24) is 4.98 Å². The van der Waals surface area contributed by atoms with Gasteiger partial charge in [0.05, 0.1) is 22.0 Å². The standard InChI is InChI=1S/C10H13Cl3N2O/c1-15(5-8(12)6-16-2)10-9(13)3-7(11)4-14-10/h3-4,8H,5-6H2,1-2H3. The van der Waals surface area contributed by atoms with Gasteiger partial charge < -0.3 is 9.64 Å². The van der Waals surface area contributed by atoms with Gasteiger partial charge in [0, 0.05) is 26.9 Å². The normalized spacial score (nSPS) is 12.6. The lowest BCUT2D eigenvalue weighted by Crippen LogP contribution is -2.29. The quantitative estimate of drug-likeness (QED) is 0.777. The average molecular weight is 284 g/mol. The zero-order chi connectivity index (χ0) is 12.1. The summed E-state index contributed by atoms with van der Waals surface area (Å²) in [5.41, 5.74) is 0. The third-order valence-electron chi connectivity index (χ3n) is 1.97. The molecule has 0 spiro atoms. The van der Waals surface area contributed by atoms with Crippen LogP contribution in [-0.4, -0.2) is 37.7 Å². The van der Waals surface area contributed by atoms with Gasteiger partial charge in [0.15, 0.2) is 0 Å². The van der Waals surface area contributed by atoms with Gasteiger partial charge in [-0.2, -0.15) is 0 Å². The van der Waals surface area contributed by atoms with Crippen molar-refractivity contribution in [2.24, 2.45) is 0 Å². The predicted octanol–water partition coefficient (Wildman–Crippen LogP) is 3.08. The van der Waals surface area contributed by atoms with Crippen LogP contribution in [-0.2, 0) is 4.74 Å². The number of hydrogen-bond acceptors (Lipinski definition) is 3. The number of halogens is 3. The zero-order valence-electron chi connectivity index (χ0n) is 9.08. The molecule has 0 aliphatic carbocycles. The van der Waals surface area contributed by atoms with E-state index in [1.165, 1.54) is 0 Å². The predicted molar refractivity (Wildman–Crippen MR) is 69.0 cm³/mol. The summed E-state index contributed by atoms with van der Waals surface area (Å²) in [7, 11) is 3.48. The van der Waals surface area contributed by atoms with Crippen molar-refractivity contribution in [3.63, 3.8) is 0 Å². The Labute approximate surface area is 110 Å². The molecule has 0 N–H and O–H groups in total. The molecule has 6 heteroatoms. The summed E-state index contributed by atoms with van der Waals surface area (Å²) in [5.74, 6) is 0.660. The summed E-state index contributed by atoms with van der Waals surface area (Å²) in [4.78, 5) is 6.02. The van der Waals surface area contributed by atoms with Crippen LogP contribution in [0.2, 0.25) is 10.0 Å². The van der Waals surface area contributed by atoms with Gasteiger partial charge in [0.2, 0.25) is 0 Å². The molecule has 1 heterocycles. The number of ether oxygens (including phenoxy) is 1. The lowest BCUT2D eigenvalue weighted by Gasteiger charge is -2.21. The Bertz CT molecular complexity index is 349. The maximum absolute atomic E-state index is 6.05. The Hall–Kier alpha value is -0.220. The van der Waals surface area contributed by atoms with E-state index < -0.39 is 0 Å². The zero-order valence-corrected chi connectivity index (χ0v) is 11.4. The Morgan fingerprint density at radius 2 is 2.19 bits per heavy atom. The van der Waals surface area contributed by atoms with E-state index in [0.29, 0.717) is 29.0 Å². The van der Waals surface area contributed by atoms with Gasteiger partial charge in [-0.15, -0.1) is 11.6 Å². The topological polar surface area (TPSA) is 25.4 Å². The molecular weight excluding hydrogens is 270 g/mol. The molecule has 0 radical (unpaired) electrons. The lowest BCUT2D eigenvalue weighted by molar-refractivity contribution is 0.199. The van der Waals surface area contributed by atoms with Crippen LogP contribution < -0.4 is 4.90 Å². The van der Waals surface area contributed by atoms with Crippen molar-refractivity contribution in [2.45, 2.75) is 5.38 Å². The van der Waals surface area contributed by atoms with Gasteiger partial charge in [-0.05, 0) is 6.07 Å². The van der Waals surface area contributed by atoms with E-state index in [-0.39, 0.29) is 5.38 Å². The monoisotopic (exact) mass is 282 g/mol. The molecule has 0 bridgehead atoms. The molecular formula is C10H13Cl3N2O. The van der Waals surface area contributed by atoms with Gasteiger partial charge in [-0.25, -0.2) is 4.98 Å². The van der Waals surface area contributed by atoms with E-state index in [2.05, 4.69) is 4.98 Å². The Morgan fingerprint density at radius 3 is 2.75 bits per heavy atom. The number of rotatable bonds is 5. The SMILES string of the molecule is COCC(Cl)CN(C)c1ncc(Cl)cc1Cl. The van der Waals surface area contributed by atoms with Crippen molar-refractivity contribution in [1.29, 1.82) is 0 Å². The van der Waals surface area contributed by atoms with Gasteiger partial charge in [-0.3, -0.25) is 0 Å². The van der Waals surface area contributed by atoms with E-state index in [4.69, 9.17) is 39.5 Å². The first-order valence-corrected chi connectivity index (χ1v) is 5.89. The van der Waals surface area contributed by atoms with Crippen molar-refractivity contribution in [3.8, 4) is 0 Å². The molecule has 0 aliphatic heterocycles. The third-order valence-corrected chi connectivity index (χ3v) is 2.72. The molecule has 0 fully saturated rings. The summed E-state index contributed by atoms with van der Waals surface area (Å²) in [6.45, 7) is 1.08. The van der Waals surface area contributed by atoms with Gasteiger partial charge >= 0.3 is 0 Å². The Kier molecular flexibility index (Phi) is 5.62. The molecule has 0 saturated heterocycles. The first kappa shape index (κ1) is 13.8. The number of aromatic nitrogens is 1. The second-order valence-corrected chi connectivity index (χ2v) is 4.85. The van der Waals surface area contributed by atoms with Gasteiger partial charge in [0.25, 0.3) is 0 Å². The minimum absolute atomic E-state index is 0.108. The van der Waals surface area contributed by atoms with E-state index in [0.717, 1.165) is 0 Å². The summed E-state index contributed by atoms with van der Waals surface area (Å²) >= 11 is 17.8. The van der Waals surface area contributed by atoms with Crippen LogP contribution in [0.4, 0.5) is 5.82 Å². The summed E-state index contributed by atoms with van der Waals surface area (Å²) < 4.78 is 4.96. The maximum atomic E-state index is 6.05. The fraction of sp³-hybridized carbons (Fsp3) is 0.500. The Morgan fingerprint density at radius 1 is 1.50 bits per heavy atom. The number of anilines is 1. The van der Waals surface area contributed by atoms with E-state index in [1.807, 2.05) is 11.9 Å². The highest BCUT2D eigenvalue weighted by atomic mass is 35.5. The molecule has 0 aliphatic rings. The number of methoxy groups -OCH3 is 1. The summed E-state index contributed by atoms with van der Waals surface area (Å²) in [6, 6.07) is 1.65. The smallest absolute Gasteiger partial charge is 0.147 e. The molecule has 90 valence electrons. The van der Waals surface area contributed by atoms with Crippen LogP contribution in [0.1, 0.15) is 0 Å². The molecule has 0 saturated carbocycles. The van der Waals surface area contributed by atoms with Crippen molar-refractivity contribution in [2.75, 3.05) is 32.2 Å². The molecule has 3 nitrogen and oxygen atoms in total. The number of hydrogen-bond donors (Lipinski definition) is 0. The van der Waals surface area contributed by atoms with Crippen LogP contribution in [0.15, 0.2) is 12.3 Å². The first-order valence-electron chi connectivity index (χ1n) is 4.69. The molecule has 0 aromatic carbocycles. The highest BCUT2D eigenvalue weighted by Gasteiger charge is 2.12. The highest BCUT2D eigenvalue weighted by molar-refractivity contribution is 6.36. The fourth-order valence-electron chi connectivity index (χ4n) is 1.31. The fourth-order valence-corrected chi connectivity index (χ4v) is 2.16. The molecule has 0 amide bonds. The maximum Gasteiger partial charge on any atom is 0.147 e. The molecule has 1 aromatic heterocycles. The molecule has 1 aromatic rings. The van der Waals surface area contributed by atoms with E-state index in [9.17, 15) is 0 Å². The minimum Gasteiger partial charge on any atom is -0.383 e. The summed E-state index contributed by atoms with van der Waals surface area (Å²) in [5, 5.41) is 0.918. The van der Waals surface area contributed by atoms with Crippen LogP contribution in [0, 0.1) is 0 Å². The highest BCUT2D eigenvalue weighted by Crippen LogP contribution is 2.25. The average Bonchev–Trinajstić information content (AvgIpc) is 2.17. The van der Waals surface area contributed by atoms with Gasteiger partial charge in [0.1, 0.15) is 5.82 Å². The van der Waals surface area contributed by atoms with Gasteiger partial charge in [-0.1, -0.05) is 23.2 Å². The van der Waals surface area contributed by atoms with E-state index in [1.54, 1.807) is 19.4 Å². The van der Waals surface area contributed by atoms with Crippen LogP contribution in [0.5, 0.6) is 0 Å². The van der Waals surface area contributed by atoms with Crippen LogP contribution in [0.25, 0.3) is 0 Å². The largest absolute Gasteiger partial charge is 0.383 e. The minimum atomic E-state index is -0.108. The van der Waals surface area contributed by atoms with E-state index >= 15 is 0 Å². The summed E-state index contributed by atoms with van der Waals surface area (Å²) in [6.07, 6.45) is 1.55. The molecule has 1 unspecified atom stereocenters. The van der Waals surface area contributed by atoms with Crippen LogP contribution >= 0.6 is 34.8 Å². The molecule has 16 heavy (non-hydrogen) atoms. The van der Waals surface area contributed by atoms with Crippen LogP contribution in [0.3, 0.4) is 0 Å². The van der Waals surface area contributed by atoms with Crippen molar-refractivity contribution >= 4 is 40.6 Å². The molecule has 1 atom stereocenters. The third kappa shape index (κ3) is 3.98. The van der Waals surface area contributed by atoms with Crippen molar-refractivity contribution in [3.05, 3.63) is 22.3 Å². The number of pyridine rings is 1. The Balaban J connectivity index is 2.69.